The normalized spacial score (nSPS) is 17.7. The van der Waals surface area contributed by atoms with E-state index in [1.54, 1.807) is 0 Å². The van der Waals surface area contributed by atoms with E-state index in [-0.39, 0.29) is 0 Å². The molecule has 348 valence electrons. The van der Waals surface area contributed by atoms with Crippen molar-refractivity contribution in [2.45, 2.75) is 45.4 Å². The smallest absolute Gasteiger partial charge is 0.218 e. The van der Waals surface area contributed by atoms with Crippen molar-refractivity contribution in [1.82, 2.24) is 9.80 Å². The third-order valence-corrected chi connectivity index (χ3v) is 13.5. The van der Waals surface area contributed by atoms with Gasteiger partial charge in [-0.25, -0.2) is 20.0 Å². The summed E-state index contributed by atoms with van der Waals surface area (Å²) >= 11 is 0. The number of fused-ring (bicyclic) bond motifs is 4. The number of hydrogen-bond donors (Lipinski definition) is 2. The molecule has 8 bridgehead atoms. The summed E-state index contributed by atoms with van der Waals surface area (Å²) in [5.74, 6) is 0.857. The molecule has 7 aliphatic rings. The van der Waals surface area contributed by atoms with Gasteiger partial charge in [-0.05, 0) is 113 Å². The largest absolute Gasteiger partial charge is 0.494 e. The Morgan fingerprint density at radius 1 is 0.408 bits per heavy atom. The zero-order valence-corrected chi connectivity index (χ0v) is 40.3. The number of rotatable bonds is 15. The van der Waals surface area contributed by atoms with Crippen molar-refractivity contribution in [3.63, 3.8) is 0 Å². The molecule has 71 heavy (non-hydrogen) atoms. The highest BCUT2D eigenvalue weighted by Crippen LogP contribution is 2.35. The molecule has 0 saturated carbocycles. The van der Waals surface area contributed by atoms with Gasteiger partial charge in [0.15, 0.2) is 0 Å². The van der Waals surface area contributed by atoms with E-state index in [4.69, 9.17) is 14.7 Å². The summed E-state index contributed by atoms with van der Waals surface area (Å²) in [4.78, 5) is 23.2. The van der Waals surface area contributed by atoms with Crippen LogP contribution in [0.2, 0.25) is 0 Å². The predicted molar refractivity (Wildman–Crippen MR) is 293 cm³/mol. The van der Waals surface area contributed by atoms with E-state index in [1.807, 2.05) is 0 Å². The number of hydrogen-bond acceptors (Lipinski definition) is 5. The standard InChI is InChI=1S/C64H56N6O/c1-2-3-39-69-41-35-46(36-42-69)47-37-43-70(44-38-47)40-15-4-5-16-45-71-52-25-23-51(24-26-52)64-59-33-31-57(67-59)62(49-19-11-7-12-20-49)55-29-27-53(65-55)61(48-17-9-6-10-18-48)54-28-30-56(66-54)63(50-21-13-8-14-22-50)58-32-34-60(64)68-58/h6-14,17-38,41-44H,2-5,15-16,39-40,45H2,1H3/p+2. The number of aliphatic imine (C=N–C) groups is 2. The van der Waals surface area contributed by atoms with Crippen molar-refractivity contribution in [3.05, 3.63) is 269 Å². The Morgan fingerprint density at radius 3 is 1.45 bits per heavy atom. The van der Waals surface area contributed by atoms with E-state index in [2.05, 4.69) is 240 Å². The minimum Gasteiger partial charge on any atom is -0.494 e. The fourth-order valence-corrected chi connectivity index (χ4v) is 9.83. The van der Waals surface area contributed by atoms with Crippen LogP contribution in [-0.4, -0.2) is 52.3 Å². The highest BCUT2D eigenvalue weighted by atomic mass is 16.5. The van der Waals surface area contributed by atoms with Gasteiger partial charge in [-0.2, -0.15) is 0 Å². The second-order valence-corrected chi connectivity index (χ2v) is 18.4. The quantitative estimate of drug-likeness (QED) is 0.117. The highest BCUT2D eigenvalue weighted by molar-refractivity contribution is 6.37. The second kappa shape index (κ2) is 21.1. The van der Waals surface area contributed by atoms with Gasteiger partial charge in [-0.1, -0.05) is 129 Å². The summed E-state index contributed by atoms with van der Waals surface area (Å²) in [6, 6.07) is 40.1. The molecule has 2 N–H and O–H groups in total. The Balaban J connectivity index is 0.837. The van der Waals surface area contributed by atoms with Gasteiger partial charge in [0.05, 0.1) is 40.6 Å². The minimum absolute atomic E-state index is 0.677. The molecular formula is C64H58N6O+2. The van der Waals surface area contributed by atoms with E-state index in [9.17, 15) is 0 Å². The summed E-state index contributed by atoms with van der Waals surface area (Å²) in [6.07, 6.45) is 41.8. The molecule has 4 aromatic rings. The van der Waals surface area contributed by atoms with Crippen LogP contribution < -0.4 is 14.7 Å². The summed E-state index contributed by atoms with van der Waals surface area (Å²) in [7, 11) is 0. The molecule has 0 amide bonds. The molecule has 0 aromatic heterocycles. The van der Waals surface area contributed by atoms with Gasteiger partial charge in [0, 0.05) is 67.8 Å². The van der Waals surface area contributed by atoms with Crippen molar-refractivity contribution < 1.29 is 14.7 Å². The molecule has 7 nitrogen and oxygen atoms in total. The number of unbranched alkanes of at least 4 members (excludes halogenated alkanes) is 4. The first-order valence-corrected chi connectivity index (χ1v) is 25.2. The maximum Gasteiger partial charge on any atom is 0.218 e. The molecule has 7 heteroatoms. The van der Waals surface area contributed by atoms with Gasteiger partial charge in [-0.3, -0.25) is 0 Å². The van der Waals surface area contributed by atoms with E-state index in [0.29, 0.717) is 6.61 Å². The summed E-state index contributed by atoms with van der Waals surface area (Å²) in [6.45, 7) is 5.00. The van der Waals surface area contributed by atoms with Crippen molar-refractivity contribution in [3.8, 4) is 5.75 Å². The minimum atomic E-state index is 0.677. The Hall–Kier alpha value is -8.42. The lowest BCUT2D eigenvalue weighted by atomic mass is 9.98. The lowest BCUT2D eigenvalue weighted by Gasteiger charge is -2.21. The van der Waals surface area contributed by atoms with Crippen molar-refractivity contribution in [2.75, 3.05) is 19.7 Å². The van der Waals surface area contributed by atoms with Gasteiger partial charge in [0.25, 0.3) is 0 Å². The second-order valence-electron chi connectivity index (χ2n) is 18.4. The van der Waals surface area contributed by atoms with Crippen LogP contribution in [0.4, 0.5) is 0 Å². The fraction of sp³-hybridized carbons (Fsp3) is 0.156. The van der Waals surface area contributed by atoms with Crippen LogP contribution in [0.25, 0.3) is 22.3 Å². The lowest BCUT2D eigenvalue weighted by molar-refractivity contribution is -0.388. The van der Waals surface area contributed by atoms with Gasteiger partial charge in [0.2, 0.25) is 22.8 Å². The molecule has 7 aliphatic heterocycles. The first-order chi connectivity index (χ1) is 35.1. The number of nitrogens with zero attached hydrogens (tertiary/aromatic N) is 4. The summed E-state index contributed by atoms with van der Waals surface area (Å²) in [5.41, 5.74) is 18.4. The summed E-state index contributed by atoms with van der Waals surface area (Å²) in [5, 5.41) is 0. The average molecular weight is 927 g/mol. The van der Waals surface area contributed by atoms with Gasteiger partial charge in [0.1, 0.15) is 11.3 Å². The Morgan fingerprint density at radius 2 is 0.873 bits per heavy atom. The lowest BCUT2D eigenvalue weighted by Crippen LogP contribution is -2.71. The molecule has 0 saturated heterocycles. The zero-order valence-electron chi connectivity index (χ0n) is 40.3. The van der Waals surface area contributed by atoms with Crippen LogP contribution in [0.1, 0.15) is 67.7 Å². The Labute approximate surface area is 417 Å². The first-order valence-electron chi connectivity index (χ1n) is 25.2. The monoisotopic (exact) mass is 926 g/mol. The van der Waals surface area contributed by atoms with Gasteiger partial charge >= 0.3 is 0 Å². The third-order valence-electron chi connectivity index (χ3n) is 13.5. The SMILES string of the molecule is CCCCN1C=CC(=C2C=CN(CCCCCCOc3ccc(C4=C5C=CC(=N5)C(c5ccccc5)=C5C=CC(=[NH+]5)C(c5ccccc5)=C5C=CC(=[NH+]5)C(c5ccccc5)=C5C=CC4=N5)cc3)C=C2)C=C1. The number of nitrogens with one attached hydrogen (secondary N) is 2. The number of ether oxygens (including phenoxy) is 1. The van der Waals surface area contributed by atoms with Crippen LogP contribution in [0, 0.1) is 0 Å². The molecule has 4 aromatic carbocycles. The molecule has 0 radical (unpaired) electrons. The molecule has 0 atom stereocenters. The maximum atomic E-state index is 6.34. The topological polar surface area (TPSA) is 68.4 Å². The zero-order chi connectivity index (χ0) is 47.8. The predicted octanol–water partition coefficient (Wildman–Crippen LogP) is 10.6. The van der Waals surface area contributed by atoms with Crippen LogP contribution in [0.5, 0.6) is 5.75 Å². The van der Waals surface area contributed by atoms with Crippen LogP contribution in [-0.2, 0) is 0 Å². The van der Waals surface area contributed by atoms with Crippen molar-refractivity contribution >= 4 is 45.1 Å². The van der Waals surface area contributed by atoms with Crippen molar-refractivity contribution in [1.29, 1.82) is 0 Å². The number of benzene rings is 4. The maximum absolute atomic E-state index is 6.34. The third kappa shape index (κ3) is 10.0. The van der Waals surface area contributed by atoms with E-state index < -0.39 is 0 Å². The van der Waals surface area contributed by atoms with Crippen LogP contribution in [0.3, 0.4) is 0 Å². The summed E-state index contributed by atoms with van der Waals surface area (Å²) < 4.78 is 6.34. The average Bonchev–Trinajstić information content (AvgIpc) is 4.29. The Kier molecular flexibility index (Phi) is 13.4. The molecule has 7 heterocycles. The molecular weight excluding hydrogens is 869 g/mol. The van der Waals surface area contributed by atoms with E-state index in [0.717, 1.165) is 135 Å². The molecule has 11 rings (SSSR count). The van der Waals surface area contributed by atoms with Crippen LogP contribution >= 0.6 is 0 Å². The van der Waals surface area contributed by atoms with Crippen molar-refractivity contribution in [2.24, 2.45) is 9.98 Å². The first kappa shape index (κ1) is 45.0. The molecule has 0 spiro atoms. The fourth-order valence-electron chi connectivity index (χ4n) is 9.83. The number of allylic oxidation sites excluding steroid dienone is 18. The molecule has 0 fully saturated rings. The van der Waals surface area contributed by atoms with Gasteiger partial charge < -0.3 is 14.5 Å². The Bertz CT molecular complexity index is 3190. The van der Waals surface area contributed by atoms with Crippen LogP contribution in [0.15, 0.2) is 257 Å². The van der Waals surface area contributed by atoms with Gasteiger partial charge in [-0.15, -0.1) is 0 Å². The molecule has 0 aliphatic carbocycles. The molecule has 0 unspecified atom stereocenters. The van der Waals surface area contributed by atoms with E-state index >= 15 is 0 Å². The highest BCUT2D eigenvalue weighted by Gasteiger charge is 2.33. The van der Waals surface area contributed by atoms with E-state index in [1.165, 1.54) is 24.0 Å².